The molecule has 1 saturated heterocycles. The van der Waals surface area contributed by atoms with Gasteiger partial charge in [0.25, 0.3) is 0 Å². The van der Waals surface area contributed by atoms with Gasteiger partial charge in [-0.3, -0.25) is 34.0 Å². The van der Waals surface area contributed by atoms with E-state index in [0.717, 1.165) is 81.0 Å². The van der Waals surface area contributed by atoms with Crippen LogP contribution in [0.4, 0.5) is 13.2 Å². The fourth-order valence-electron chi connectivity index (χ4n) is 17.6. The monoisotopic (exact) mass is 1610 g/mol. The first-order valence-corrected chi connectivity index (χ1v) is 43.0. The lowest BCUT2D eigenvalue weighted by molar-refractivity contribution is 0.0789. The van der Waals surface area contributed by atoms with Crippen LogP contribution in [0.2, 0.25) is 5.02 Å². The van der Waals surface area contributed by atoms with E-state index in [0.29, 0.717) is 98.8 Å². The fourth-order valence-corrected chi connectivity index (χ4v) is 23.4. The van der Waals surface area contributed by atoms with Gasteiger partial charge in [-0.05, 0) is 266 Å². The molecule has 1 aliphatic heterocycles. The molecule has 3 saturated carbocycles. The van der Waals surface area contributed by atoms with Gasteiger partial charge in [-0.2, -0.15) is 20.4 Å². The Hall–Kier alpha value is -10.8. The third-order valence-corrected chi connectivity index (χ3v) is 30.3. The molecule has 0 unspecified atom stereocenters. The molecule has 9 heterocycles. The van der Waals surface area contributed by atoms with Crippen LogP contribution in [0.1, 0.15) is 155 Å². The summed E-state index contributed by atoms with van der Waals surface area (Å²) in [6.45, 7) is 5.47. The number of Topliss-reactive ketones (excluding diaryl/α,β-unsaturated/α-hetero) is 3. The van der Waals surface area contributed by atoms with Crippen LogP contribution < -0.4 is 0 Å². The van der Waals surface area contributed by atoms with Crippen molar-refractivity contribution in [2.75, 3.05) is 13.1 Å². The van der Waals surface area contributed by atoms with Gasteiger partial charge in [0.15, 0.2) is 42.1 Å². The Morgan fingerprint density at radius 3 is 1.36 bits per heavy atom. The summed E-state index contributed by atoms with van der Waals surface area (Å²) in [7, 11) is -11.0. The highest BCUT2D eigenvalue weighted by Gasteiger charge is 2.56. The highest BCUT2D eigenvalue weighted by molar-refractivity contribution is 7.92. The molecule has 114 heavy (non-hydrogen) atoms. The molecule has 0 radical (unpaired) electrons. The Balaban J connectivity index is 0.000000129. The maximum Gasteiger partial charge on any atom is 0.217 e. The molecule has 584 valence electrons. The number of rotatable bonds is 16. The van der Waals surface area contributed by atoms with Crippen molar-refractivity contribution in [1.82, 2.24) is 63.4 Å². The zero-order chi connectivity index (χ0) is 79.5. The summed E-state index contributed by atoms with van der Waals surface area (Å²) in [5, 5.41) is 16.1. The lowest BCUT2D eigenvalue weighted by atomic mass is 9.61. The van der Waals surface area contributed by atoms with Gasteiger partial charge in [0.2, 0.25) is 10.0 Å². The molecule has 0 spiro atoms. The average Bonchev–Trinajstić information content (AvgIpc) is 1.30. The summed E-state index contributed by atoms with van der Waals surface area (Å²) in [6, 6.07) is 35.0. The number of allylic oxidation sites excluding steroid dienone is 3. The first kappa shape index (κ1) is 77.2. The van der Waals surface area contributed by atoms with Crippen LogP contribution in [-0.2, 0) is 55.5 Å². The summed E-state index contributed by atoms with van der Waals surface area (Å²) >= 11 is 6.02. The molecule has 6 aliphatic carbocycles. The van der Waals surface area contributed by atoms with Crippen LogP contribution in [0.15, 0.2) is 216 Å². The van der Waals surface area contributed by atoms with Crippen molar-refractivity contribution in [3.8, 4) is 17.1 Å². The lowest BCUT2D eigenvalue weighted by Gasteiger charge is -2.44. The predicted molar refractivity (Wildman–Crippen MR) is 422 cm³/mol. The van der Waals surface area contributed by atoms with Gasteiger partial charge in [0.05, 0.1) is 95.9 Å². The van der Waals surface area contributed by atoms with Crippen LogP contribution in [0.5, 0.6) is 0 Å². The maximum absolute atomic E-state index is 14.3. The molecule has 4 fully saturated rings. The van der Waals surface area contributed by atoms with Crippen molar-refractivity contribution in [3.63, 3.8) is 0 Å². The van der Waals surface area contributed by atoms with Gasteiger partial charge in [-0.25, -0.2) is 61.8 Å². The zero-order valence-electron chi connectivity index (χ0n) is 62.3. The minimum absolute atomic E-state index is 0.00488. The maximum atomic E-state index is 14.3. The molecule has 29 heteroatoms. The number of hydrogen-bond donors (Lipinski definition) is 0. The number of halogens is 4. The number of fused-ring (bicyclic) bond motifs is 6. The average molecular weight is 1620 g/mol. The van der Waals surface area contributed by atoms with Crippen LogP contribution in [0.25, 0.3) is 35.3 Å². The van der Waals surface area contributed by atoms with E-state index in [2.05, 4.69) is 40.3 Å². The molecular weight excluding hydrogens is 1540 g/mol. The number of benzene rings is 3. The normalized spacial score (nSPS) is 21.8. The number of sulfone groups is 2. The van der Waals surface area contributed by atoms with Gasteiger partial charge in [0.1, 0.15) is 39.4 Å². The molecule has 8 aromatic heterocycles. The van der Waals surface area contributed by atoms with Gasteiger partial charge in [0, 0.05) is 50.6 Å². The Morgan fingerprint density at radius 2 is 0.921 bits per heavy atom. The van der Waals surface area contributed by atoms with Crippen molar-refractivity contribution in [2.45, 2.75) is 142 Å². The number of pyridine rings is 4. The molecular formula is C85H79ClF3N13O9S3. The molecule has 0 bridgehead atoms. The van der Waals surface area contributed by atoms with Crippen LogP contribution >= 0.6 is 11.6 Å². The molecule has 18 rings (SSSR count). The Morgan fingerprint density at radius 1 is 0.474 bits per heavy atom. The molecule has 7 aliphatic rings. The summed E-state index contributed by atoms with van der Waals surface area (Å²) in [4.78, 5) is 59.9. The number of carbonyl (C=O) groups is 3. The minimum Gasteiger partial charge on any atom is -0.291 e. The molecule has 0 amide bonds. The standard InChI is InChI=1S/C29H28FN5O3S.C28H22ClFN4O3S.C28H29FN4O3S/c1-3-34-18-25(17-32-34)39(37,38)24-9-4-21-13-27-20(16-33-35(27)23-7-5-22(30)6-8-23)14-29(21,15-24)28(36)26-12-19(2)10-11-31-26;29-20-5-11-24(32-17-20)27(35)28-14-18-16-33-34(22-8-6-21(30)7-9-22)25(18)13-19(28)4-10-23(15-28)38(36,37)26-3-1-2-12-31-26;29-22-8-10-23(11-9-22)33-26-16-21-7-12-24(37(35,36)32-14-4-1-5-15-32)18-28(21,17-20(26)19-31-33)27(34)25-6-2-3-13-30-25/h5-8,10-13,16-18,24H,3-4,9,14-15H2,1-2H3;1-3,5-9,11-13,16-17,23H,4,10,14-15H2;2-3,6,8-11,13,16,19,24H,1,4-5,7,12,14-15,17-18H2/t24-,29-;23-,28-;24-,28-/m000/s1. The second-order valence-electron chi connectivity index (χ2n) is 30.3. The SMILES string of the molecule is CCn1cc(S(=O)(=O)[C@H]2CCC3=Cc4c(cnn4-c4ccc(F)cc4)C[C@]3(C(=O)c3cc(C)ccn3)C2)cn1.O=C(c1ccc(Cl)cn1)[C@]12Cc3cnn(-c4ccc(F)cc4)c3C=C1CC[C@H](S(=O)(=O)c1ccccn1)C2.O=C(c1ccccn1)[C@]12Cc3cnn(-c4ccc(F)cc4)c3C=C1CC[C@H](S(=O)(=O)N1CCCCC1)C2. The fraction of sp³-hybridized carbons (Fsp3) is 0.306. The van der Waals surface area contributed by atoms with Crippen LogP contribution in [0.3, 0.4) is 0 Å². The molecule has 22 nitrogen and oxygen atoms in total. The van der Waals surface area contributed by atoms with E-state index in [1.807, 2.05) is 38.1 Å². The van der Waals surface area contributed by atoms with E-state index in [-0.39, 0.29) is 76.1 Å². The number of ketones is 3. The van der Waals surface area contributed by atoms with E-state index in [9.17, 15) is 52.8 Å². The second kappa shape index (κ2) is 30.9. The topological polar surface area (TPSA) is 280 Å². The second-order valence-corrected chi connectivity index (χ2v) is 37.3. The summed E-state index contributed by atoms with van der Waals surface area (Å²) in [5.41, 5.74) is 8.36. The molecule has 3 aromatic carbocycles. The quantitative estimate of drug-likeness (QED) is 0.0813. The third-order valence-electron chi connectivity index (χ3n) is 23.5. The van der Waals surface area contributed by atoms with E-state index >= 15 is 0 Å². The Labute approximate surface area is 662 Å². The Bertz CT molecular complexity index is 6010. The lowest BCUT2D eigenvalue weighted by Crippen LogP contribution is -2.49. The summed E-state index contributed by atoms with van der Waals surface area (Å²) in [6.07, 6.45) is 26.9. The first-order chi connectivity index (χ1) is 54.9. The van der Waals surface area contributed by atoms with Crippen LogP contribution in [0, 0.1) is 40.6 Å². The van der Waals surface area contributed by atoms with E-state index in [1.54, 1.807) is 145 Å². The largest absolute Gasteiger partial charge is 0.291 e. The zero-order valence-corrected chi connectivity index (χ0v) is 65.5. The van der Waals surface area contributed by atoms with E-state index in [4.69, 9.17) is 11.6 Å². The van der Waals surface area contributed by atoms with Crippen LogP contribution in [-0.4, -0.2) is 135 Å². The van der Waals surface area contributed by atoms with Crippen molar-refractivity contribution in [3.05, 3.63) is 285 Å². The van der Waals surface area contributed by atoms with Crippen molar-refractivity contribution >= 4 is 76.9 Å². The van der Waals surface area contributed by atoms with Gasteiger partial charge >= 0.3 is 0 Å². The van der Waals surface area contributed by atoms with Gasteiger partial charge in [-0.1, -0.05) is 46.9 Å². The smallest absolute Gasteiger partial charge is 0.217 e. The number of nitrogens with zero attached hydrogens (tertiary/aromatic N) is 13. The molecule has 6 atom stereocenters. The van der Waals surface area contributed by atoms with E-state index in [1.165, 1.54) is 61.1 Å². The van der Waals surface area contributed by atoms with Crippen molar-refractivity contribution in [2.24, 2.45) is 16.2 Å². The van der Waals surface area contributed by atoms with Gasteiger partial charge < -0.3 is 0 Å². The number of carbonyl (C=O) groups excluding carboxylic acids is 3. The van der Waals surface area contributed by atoms with Crippen molar-refractivity contribution in [1.29, 1.82) is 0 Å². The first-order valence-electron chi connectivity index (χ1n) is 38.0. The number of piperidine rings is 1. The number of hydrogen-bond acceptors (Lipinski definition) is 17. The number of aromatic nitrogens is 12. The molecule has 0 N–H and O–H groups in total. The number of sulfonamides is 1. The van der Waals surface area contributed by atoms with Crippen molar-refractivity contribution < 1.29 is 52.8 Å². The third kappa shape index (κ3) is 14.3. The van der Waals surface area contributed by atoms with E-state index < -0.39 is 61.7 Å². The predicted octanol–water partition coefficient (Wildman–Crippen LogP) is 14.6. The molecule has 11 aromatic rings. The minimum atomic E-state index is -3.78. The van der Waals surface area contributed by atoms with Gasteiger partial charge in [-0.15, -0.1) is 0 Å². The Kier molecular flexibility index (Phi) is 20.9. The number of aryl methyl sites for hydroxylation is 2. The highest BCUT2D eigenvalue weighted by atomic mass is 35.5. The highest BCUT2D eigenvalue weighted by Crippen LogP contribution is 2.55. The summed E-state index contributed by atoms with van der Waals surface area (Å²) < 4.78 is 131. The summed E-state index contributed by atoms with van der Waals surface area (Å²) in [5.74, 6) is -1.57.